The lowest BCUT2D eigenvalue weighted by atomic mass is 9.83. The van der Waals surface area contributed by atoms with E-state index in [1.807, 2.05) is 0 Å². The number of carbonyl (C=O) groups is 4. The highest BCUT2D eigenvalue weighted by atomic mass is 16.6. The summed E-state index contributed by atoms with van der Waals surface area (Å²) < 4.78 is 20.9. The monoisotopic (exact) mass is 447 g/mol. The molecule has 32 heavy (non-hydrogen) atoms. The van der Waals surface area contributed by atoms with Gasteiger partial charge in [0.25, 0.3) is 0 Å². The van der Waals surface area contributed by atoms with Gasteiger partial charge in [-0.25, -0.2) is 0 Å². The predicted octanol–water partition coefficient (Wildman–Crippen LogP) is 1.50. The molecule has 1 heterocycles. The van der Waals surface area contributed by atoms with Gasteiger partial charge in [0.2, 0.25) is 0 Å². The van der Waals surface area contributed by atoms with Crippen molar-refractivity contribution in [3.05, 3.63) is 28.6 Å². The number of pyridine rings is 1. The summed E-state index contributed by atoms with van der Waals surface area (Å²) in [5.41, 5.74) is -0.368. The van der Waals surface area contributed by atoms with Gasteiger partial charge in [0, 0.05) is 37.6 Å². The van der Waals surface area contributed by atoms with Crippen molar-refractivity contribution in [2.45, 2.75) is 53.4 Å². The van der Waals surface area contributed by atoms with Crippen molar-refractivity contribution >= 4 is 23.9 Å². The van der Waals surface area contributed by atoms with E-state index in [1.165, 1.54) is 0 Å². The second-order valence-corrected chi connectivity index (χ2v) is 7.94. The molecule has 1 aromatic heterocycles. The van der Waals surface area contributed by atoms with Gasteiger partial charge < -0.3 is 18.9 Å². The first kappa shape index (κ1) is 23.7. The van der Waals surface area contributed by atoms with Crippen LogP contribution in [0.4, 0.5) is 0 Å². The second-order valence-electron chi connectivity index (χ2n) is 7.94. The predicted molar refractivity (Wildman–Crippen MR) is 110 cm³/mol. The third-order valence-corrected chi connectivity index (χ3v) is 6.06. The summed E-state index contributed by atoms with van der Waals surface area (Å²) in [6, 6.07) is 0. The maximum absolute atomic E-state index is 12.9. The zero-order chi connectivity index (χ0) is 23.5. The Hall–Kier alpha value is -2.97. The lowest BCUT2D eigenvalue weighted by molar-refractivity contribution is -0.173. The van der Waals surface area contributed by atoms with Gasteiger partial charge in [-0.1, -0.05) is 0 Å². The molecule has 0 spiro atoms. The van der Waals surface area contributed by atoms with E-state index in [9.17, 15) is 19.2 Å². The zero-order valence-electron chi connectivity index (χ0n) is 18.9. The molecule has 0 unspecified atom stereocenters. The summed E-state index contributed by atoms with van der Waals surface area (Å²) in [6.07, 6.45) is 1.83. The Kier molecular flexibility index (Phi) is 6.85. The fourth-order valence-corrected chi connectivity index (χ4v) is 4.57. The molecule has 0 bridgehead atoms. The van der Waals surface area contributed by atoms with E-state index in [0.717, 1.165) is 5.56 Å². The maximum Gasteiger partial charge on any atom is 0.324 e. The summed E-state index contributed by atoms with van der Waals surface area (Å²) in [7, 11) is 0. The fourth-order valence-electron chi connectivity index (χ4n) is 4.57. The number of fused-ring (bicyclic) bond motifs is 3. The van der Waals surface area contributed by atoms with Crippen molar-refractivity contribution in [3.8, 4) is 0 Å². The number of hydrogen-bond donors (Lipinski definition) is 0. The first-order valence-corrected chi connectivity index (χ1v) is 11.0. The van der Waals surface area contributed by atoms with E-state index in [1.54, 1.807) is 33.9 Å². The summed E-state index contributed by atoms with van der Waals surface area (Å²) in [6.45, 7) is 7.18. The third-order valence-electron chi connectivity index (χ3n) is 6.06. The van der Waals surface area contributed by atoms with Gasteiger partial charge >= 0.3 is 23.9 Å². The third kappa shape index (κ3) is 3.73. The average Bonchev–Trinajstić information content (AvgIpc) is 3.35. The Morgan fingerprint density at radius 3 is 1.53 bits per heavy atom. The SMILES string of the molecule is CCOC(=O)C1(C(=O)OCC)Cc2cnc3c(c2C1)CC(C(=O)OCC)(C(=O)OCC)C3. The lowest BCUT2D eigenvalue weighted by Gasteiger charge is -2.24. The molecule has 0 radical (unpaired) electrons. The first-order chi connectivity index (χ1) is 15.3. The topological polar surface area (TPSA) is 118 Å². The largest absolute Gasteiger partial charge is 0.465 e. The Bertz CT molecular complexity index is 827. The molecule has 0 aliphatic heterocycles. The van der Waals surface area contributed by atoms with Crippen molar-refractivity contribution in [3.63, 3.8) is 0 Å². The Labute approximate surface area is 186 Å². The number of hydrogen-bond acceptors (Lipinski definition) is 9. The van der Waals surface area contributed by atoms with Crippen LogP contribution in [0.5, 0.6) is 0 Å². The normalized spacial score (nSPS) is 17.1. The summed E-state index contributed by atoms with van der Waals surface area (Å²) in [5.74, 6) is -2.62. The Balaban J connectivity index is 2.03. The molecule has 2 aliphatic carbocycles. The summed E-state index contributed by atoms with van der Waals surface area (Å²) in [5, 5.41) is 0. The van der Waals surface area contributed by atoms with Gasteiger partial charge in [-0.3, -0.25) is 24.2 Å². The van der Waals surface area contributed by atoms with Crippen molar-refractivity contribution in [1.82, 2.24) is 4.98 Å². The summed E-state index contributed by atoms with van der Waals surface area (Å²) in [4.78, 5) is 56.0. The van der Waals surface area contributed by atoms with Crippen LogP contribution >= 0.6 is 0 Å². The zero-order valence-corrected chi connectivity index (χ0v) is 18.9. The number of esters is 4. The van der Waals surface area contributed by atoms with Crippen LogP contribution in [0.3, 0.4) is 0 Å². The highest BCUT2D eigenvalue weighted by Crippen LogP contribution is 2.47. The molecule has 0 saturated carbocycles. The van der Waals surface area contributed by atoms with Gasteiger partial charge in [0.15, 0.2) is 10.8 Å². The van der Waals surface area contributed by atoms with Crippen LogP contribution in [0.1, 0.15) is 50.1 Å². The van der Waals surface area contributed by atoms with Crippen molar-refractivity contribution < 1.29 is 38.1 Å². The van der Waals surface area contributed by atoms with Crippen LogP contribution in [-0.4, -0.2) is 55.3 Å². The van der Waals surface area contributed by atoms with Gasteiger partial charge in [-0.2, -0.15) is 0 Å². The minimum absolute atomic E-state index is 0.0396. The molecule has 0 atom stereocenters. The average molecular weight is 447 g/mol. The van der Waals surface area contributed by atoms with Crippen LogP contribution < -0.4 is 0 Å². The molecule has 0 fully saturated rings. The van der Waals surface area contributed by atoms with E-state index < -0.39 is 34.7 Å². The van der Waals surface area contributed by atoms with Gasteiger partial charge in [0.05, 0.1) is 26.4 Å². The molecule has 0 saturated heterocycles. The second kappa shape index (κ2) is 9.26. The van der Waals surface area contributed by atoms with E-state index in [4.69, 9.17) is 18.9 Å². The first-order valence-electron chi connectivity index (χ1n) is 11.0. The number of rotatable bonds is 8. The number of nitrogens with zero attached hydrogens (tertiary/aromatic N) is 1. The Morgan fingerprint density at radius 2 is 1.09 bits per heavy atom. The molecule has 2 aliphatic rings. The molecule has 3 rings (SSSR count). The van der Waals surface area contributed by atoms with Crippen LogP contribution in [0.15, 0.2) is 6.20 Å². The van der Waals surface area contributed by atoms with E-state index in [2.05, 4.69) is 4.98 Å². The highest BCUT2D eigenvalue weighted by molar-refractivity contribution is 6.03. The molecule has 9 heteroatoms. The molecule has 0 amide bonds. The minimum Gasteiger partial charge on any atom is -0.465 e. The van der Waals surface area contributed by atoms with Gasteiger partial charge in [0.1, 0.15) is 0 Å². The quantitative estimate of drug-likeness (QED) is 0.332. The van der Waals surface area contributed by atoms with Crippen molar-refractivity contribution in [2.75, 3.05) is 26.4 Å². The molecule has 0 N–H and O–H groups in total. The van der Waals surface area contributed by atoms with Crippen molar-refractivity contribution in [1.29, 1.82) is 0 Å². The molecule has 1 aromatic rings. The minimum atomic E-state index is -1.53. The fraction of sp³-hybridized carbons (Fsp3) is 0.609. The molecule has 0 aromatic carbocycles. The van der Waals surface area contributed by atoms with Gasteiger partial charge in [-0.15, -0.1) is 0 Å². The van der Waals surface area contributed by atoms with Gasteiger partial charge in [-0.05, 0) is 44.4 Å². The highest BCUT2D eigenvalue weighted by Gasteiger charge is 2.58. The van der Waals surface area contributed by atoms with E-state index in [0.29, 0.717) is 16.8 Å². The Morgan fingerprint density at radius 1 is 0.688 bits per heavy atom. The molecular weight excluding hydrogens is 418 g/mol. The van der Waals surface area contributed by atoms with E-state index in [-0.39, 0.29) is 52.1 Å². The molecule has 9 nitrogen and oxygen atoms in total. The number of carbonyl (C=O) groups excluding carboxylic acids is 4. The van der Waals surface area contributed by atoms with Crippen LogP contribution in [0.2, 0.25) is 0 Å². The van der Waals surface area contributed by atoms with Crippen LogP contribution in [-0.2, 0) is 63.8 Å². The molecule has 174 valence electrons. The number of aromatic nitrogens is 1. The summed E-state index contributed by atoms with van der Waals surface area (Å²) >= 11 is 0. The van der Waals surface area contributed by atoms with Crippen molar-refractivity contribution in [2.24, 2.45) is 10.8 Å². The van der Waals surface area contributed by atoms with Crippen LogP contribution in [0, 0.1) is 10.8 Å². The van der Waals surface area contributed by atoms with Crippen LogP contribution in [0.25, 0.3) is 0 Å². The standard InChI is InChI=1S/C23H29NO8/c1-5-29-18(25)22(19(26)30-6-2)9-14-13-24-17-12-23(20(27)31-7-3,21(28)32-8-4)11-16(17)15(14)10-22/h13H,5-12H2,1-4H3. The maximum atomic E-state index is 12.9. The number of ether oxygens (including phenoxy) is 4. The lowest BCUT2D eigenvalue weighted by Crippen LogP contribution is -2.43. The smallest absolute Gasteiger partial charge is 0.324 e. The molecular formula is C23H29NO8. The van der Waals surface area contributed by atoms with E-state index >= 15 is 0 Å².